The molecule has 0 spiro atoms. The van der Waals surface area contributed by atoms with Crippen LogP contribution in [0.4, 0.5) is 10.1 Å². The number of hydrogen-bond donors (Lipinski definition) is 1. The molecule has 2 aromatic rings. The van der Waals surface area contributed by atoms with E-state index in [9.17, 15) is 9.18 Å². The SMILES string of the molecule is CCOc1ccccc1/C=C/C(=O)Nc1ccc(F)cc1Cl. The van der Waals surface area contributed by atoms with Crippen LogP contribution in [-0.2, 0) is 4.79 Å². The Labute approximate surface area is 133 Å². The Hall–Kier alpha value is -2.33. The summed E-state index contributed by atoms with van der Waals surface area (Å²) >= 11 is 5.86. The smallest absolute Gasteiger partial charge is 0.248 e. The van der Waals surface area contributed by atoms with Crippen LogP contribution >= 0.6 is 11.6 Å². The number of benzene rings is 2. The van der Waals surface area contributed by atoms with Gasteiger partial charge in [0, 0.05) is 11.6 Å². The van der Waals surface area contributed by atoms with Gasteiger partial charge in [0.25, 0.3) is 0 Å². The first-order chi connectivity index (χ1) is 10.6. The Morgan fingerprint density at radius 2 is 2.09 bits per heavy atom. The molecule has 0 heterocycles. The Morgan fingerprint density at radius 3 is 2.82 bits per heavy atom. The van der Waals surface area contributed by atoms with Crippen molar-refractivity contribution >= 4 is 29.3 Å². The fourth-order valence-corrected chi connectivity index (χ4v) is 2.05. The Kier molecular flexibility index (Phi) is 5.55. The van der Waals surface area contributed by atoms with Crippen molar-refractivity contribution in [2.45, 2.75) is 6.92 Å². The zero-order valence-corrected chi connectivity index (χ0v) is 12.7. The number of hydrogen-bond acceptors (Lipinski definition) is 2. The third-order valence-electron chi connectivity index (χ3n) is 2.82. The van der Waals surface area contributed by atoms with Crippen molar-refractivity contribution in [2.75, 3.05) is 11.9 Å². The highest BCUT2D eigenvalue weighted by atomic mass is 35.5. The predicted octanol–water partition coefficient (Wildman–Crippen LogP) is 4.53. The van der Waals surface area contributed by atoms with Gasteiger partial charge in [-0.05, 0) is 37.3 Å². The zero-order valence-electron chi connectivity index (χ0n) is 12.0. The van der Waals surface area contributed by atoms with Crippen LogP contribution in [0.1, 0.15) is 12.5 Å². The van der Waals surface area contributed by atoms with E-state index in [2.05, 4.69) is 5.32 Å². The number of para-hydroxylation sites is 1. The molecule has 114 valence electrons. The second kappa shape index (κ2) is 7.61. The lowest BCUT2D eigenvalue weighted by atomic mass is 10.2. The summed E-state index contributed by atoms with van der Waals surface area (Å²) in [6, 6.07) is 11.2. The van der Waals surface area contributed by atoms with E-state index in [1.807, 2.05) is 31.2 Å². The van der Waals surface area contributed by atoms with Crippen molar-refractivity contribution in [2.24, 2.45) is 0 Å². The minimum Gasteiger partial charge on any atom is -0.493 e. The lowest BCUT2D eigenvalue weighted by Crippen LogP contribution is -2.08. The number of anilines is 1. The highest BCUT2D eigenvalue weighted by Crippen LogP contribution is 2.23. The molecule has 0 saturated heterocycles. The van der Waals surface area contributed by atoms with E-state index in [1.54, 1.807) is 6.08 Å². The third-order valence-corrected chi connectivity index (χ3v) is 3.13. The van der Waals surface area contributed by atoms with Gasteiger partial charge >= 0.3 is 0 Å². The Bertz CT molecular complexity index is 701. The molecule has 22 heavy (non-hydrogen) atoms. The van der Waals surface area contributed by atoms with Gasteiger partial charge in [-0.25, -0.2) is 4.39 Å². The van der Waals surface area contributed by atoms with Gasteiger partial charge in [0.1, 0.15) is 11.6 Å². The largest absolute Gasteiger partial charge is 0.493 e. The topological polar surface area (TPSA) is 38.3 Å². The van der Waals surface area contributed by atoms with Crippen LogP contribution in [0.3, 0.4) is 0 Å². The van der Waals surface area contributed by atoms with Gasteiger partial charge in [-0.3, -0.25) is 4.79 Å². The summed E-state index contributed by atoms with van der Waals surface area (Å²) in [5.41, 5.74) is 1.15. The van der Waals surface area contributed by atoms with Gasteiger partial charge in [-0.1, -0.05) is 29.8 Å². The van der Waals surface area contributed by atoms with Gasteiger partial charge in [-0.2, -0.15) is 0 Å². The van der Waals surface area contributed by atoms with Crippen LogP contribution in [0.25, 0.3) is 6.08 Å². The van der Waals surface area contributed by atoms with E-state index in [0.29, 0.717) is 18.0 Å². The normalized spacial score (nSPS) is 10.7. The van der Waals surface area contributed by atoms with E-state index in [0.717, 1.165) is 11.6 Å². The molecule has 0 bridgehead atoms. The first-order valence-corrected chi connectivity index (χ1v) is 7.14. The van der Waals surface area contributed by atoms with Gasteiger partial charge in [0.05, 0.1) is 17.3 Å². The van der Waals surface area contributed by atoms with E-state index < -0.39 is 5.82 Å². The summed E-state index contributed by atoms with van der Waals surface area (Å²) in [5.74, 6) is -0.113. The molecule has 3 nitrogen and oxygen atoms in total. The number of rotatable bonds is 5. The van der Waals surface area contributed by atoms with Crippen LogP contribution in [0.5, 0.6) is 5.75 Å². The summed E-state index contributed by atoms with van der Waals surface area (Å²) in [6.45, 7) is 2.44. The first-order valence-electron chi connectivity index (χ1n) is 6.76. The fourth-order valence-electron chi connectivity index (χ4n) is 1.84. The second-order valence-electron chi connectivity index (χ2n) is 4.42. The van der Waals surface area contributed by atoms with E-state index in [4.69, 9.17) is 16.3 Å². The average Bonchev–Trinajstić information content (AvgIpc) is 2.49. The maximum Gasteiger partial charge on any atom is 0.248 e. The standard InChI is InChI=1S/C17H15ClFNO2/c1-2-22-16-6-4-3-5-12(16)7-10-17(21)20-15-9-8-13(19)11-14(15)18/h3-11H,2H2,1H3,(H,20,21)/b10-7+. The quantitative estimate of drug-likeness (QED) is 0.822. The molecule has 0 aliphatic carbocycles. The molecule has 0 aromatic heterocycles. The lowest BCUT2D eigenvalue weighted by Gasteiger charge is -2.07. The Morgan fingerprint density at radius 1 is 1.32 bits per heavy atom. The number of ether oxygens (including phenoxy) is 1. The maximum atomic E-state index is 12.9. The zero-order chi connectivity index (χ0) is 15.9. The van der Waals surface area contributed by atoms with Crippen LogP contribution in [-0.4, -0.2) is 12.5 Å². The summed E-state index contributed by atoms with van der Waals surface area (Å²) in [6.07, 6.45) is 3.02. The molecule has 0 aliphatic heterocycles. The molecule has 0 unspecified atom stereocenters. The molecule has 1 N–H and O–H groups in total. The molecular weight excluding hydrogens is 305 g/mol. The highest BCUT2D eigenvalue weighted by molar-refractivity contribution is 6.33. The molecular formula is C17H15ClFNO2. The summed E-state index contributed by atoms with van der Waals surface area (Å²) in [7, 11) is 0. The summed E-state index contributed by atoms with van der Waals surface area (Å²) in [4.78, 5) is 11.9. The number of halogens is 2. The molecule has 0 fully saturated rings. The second-order valence-corrected chi connectivity index (χ2v) is 4.82. The van der Waals surface area contributed by atoms with Crippen molar-refractivity contribution in [3.63, 3.8) is 0 Å². The van der Waals surface area contributed by atoms with Gasteiger partial charge < -0.3 is 10.1 Å². The van der Waals surface area contributed by atoms with Crippen molar-refractivity contribution in [1.82, 2.24) is 0 Å². The summed E-state index contributed by atoms with van der Waals surface area (Å²) < 4.78 is 18.4. The fraction of sp³-hybridized carbons (Fsp3) is 0.118. The monoisotopic (exact) mass is 319 g/mol. The van der Waals surface area contributed by atoms with Crippen LogP contribution in [0.15, 0.2) is 48.5 Å². The minimum atomic E-state index is -0.454. The van der Waals surface area contributed by atoms with Crippen molar-refractivity contribution in [1.29, 1.82) is 0 Å². The molecule has 0 saturated carbocycles. The minimum absolute atomic E-state index is 0.150. The maximum absolute atomic E-state index is 12.9. The van der Waals surface area contributed by atoms with Gasteiger partial charge in [0.15, 0.2) is 0 Å². The van der Waals surface area contributed by atoms with Crippen LogP contribution in [0, 0.1) is 5.82 Å². The molecule has 5 heteroatoms. The number of nitrogens with one attached hydrogen (secondary N) is 1. The van der Waals surface area contributed by atoms with Gasteiger partial charge in [0.2, 0.25) is 5.91 Å². The van der Waals surface area contributed by atoms with Crippen molar-refractivity contribution in [3.05, 3.63) is 64.9 Å². The number of carbonyl (C=O) groups excluding carboxylic acids is 1. The van der Waals surface area contributed by atoms with Gasteiger partial charge in [-0.15, -0.1) is 0 Å². The first kappa shape index (κ1) is 16.0. The molecule has 1 amide bonds. The van der Waals surface area contributed by atoms with Crippen LogP contribution < -0.4 is 10.1 Å². The van der Waals surface area contributed by atoms with Crippen molar-refractivity contribution < 1.29 is 13.9 Å². The third kappa shape index (κ3) is 4.33. The molecule has 2 rings (SSSR count). The van der Waals surface area contributed by atoms with Crippen LogP contribution in [0.2, 0.25) is 5.02 Å². The van der Waals surface area contributed by atoms with E-state index >= 15 is 0 Å². The molecule has 0 atom stereocenters. The summed E-state index contributed by atoms with van der Waals surface area (Å²) in [5, 5.41) is 2.74. The molecule has 2 aromatic carbocycles. The number of carbonyl (C=O) groups is 1. The van der Waals surface area contributed by atoms with E-state index in [-0.39, 0.29) is 10.9 Å². The predicted molar refractivity (Wildman–Crippen MR) is 86.7 cm³/mol. The van der Waals surface area contributed by atoms with E-state index in [1.165, 1.54) is 18.2 Å². The average molecular weight is 320 g/mol. The Balaban J connectivity index is 2.08. The molecule has 0 aliphatic rings. The lowest BCUT2D eigenvalue weighted by molar-refractivity contribution is -0.111. The number of amides is 1. The van der Waals surface area contributed by atoms with Crippen molar-refractivity contribution in [3.8, 4) is 5.75 Å². The highest BCUT2D eigenvalue weighted by Gasteiger charge is 2.05. The molecule has 0 radical (unpaired) electrons.